The normalized spacial score (nSPS) is 12.8. The molecule has 0 saturated carbocycles. The molecule has 0 amide bonds. The zero-order valence-electron chi connectivity index (χ0n) is 17.1. The number of benzene rings is 3. The second-order valence-electron chi connectivity index (χ2n) is 6.74. The molecule has 3 aromatic carbocycles. The van der Waals surface area contributed by atoms with E-state index >= 15 is 0 Å². The smallest absolute Gasteiger partial charge is 0.264 e. The Morgan fingerprint density at radius 1 is 0.871 bits per heavy atom. The van der Waals surface area contributed by atoms with Crippen LogP contribution in [-0.4, -0.2) is 41.9 Å². The van der Waals surface area contributed by atoms with Crippen LogP contribution in [0.25, 0.3) is 0 Å². The lowest BCUT2D eigenvalue weighted by Crippen LogP contribution is -2.34. The molecule has 1 aliphatic heterocycles. The van der Waals surface area contributed by atoms with Gasteiger partial charge in [-0.25, -0.2) is 8.42 Å². The number of sulfonamides is 1. The van der Waals surface area contributed by atoms with Gasteiger partial charge in [0.2, 0.25) is 0 Å². The number of hydrogen-bond acceptors (Lipinski definition) is 6. The molecule has 3 aromatic rings. The van der Waals surface area contributed by atoms with Crippen molar-refractivity contribution in [3.8, 4) is 23.0 Å². The molecule has 0 radical (unpaired) electrons. The molecule has 0 spiro atoms. The quantitative estimate of drug-likeness (QED) is 0.530. The molecule has 31 heavy (non-hydrogen) atoms. The molecular weight excluding hydrogens is 418 g/mol. The number of nitrogens with zero attached hydrogens (tertiary/aromatic N) is 1. The maximum absolute atomic E-state index is 13.6. The van der Waals surface area contributed by atoms with Crippen molar-refractivity contribution in [2.75, 3.05) is 37.8 Å². The minimum absolute atomic E-state index is 0.118. The number of ether oxygens (including phenoxy) is 4. The van der Waals surface area contributed by atoms with Gasteiger partial charge in [0.1, 0.15) is 31.3 Å². The van der Waals surface area contributed by atoms with Crippen molar-refractivity contribution in [1.82, 2.24) is 0 Å². The van der Waals surface area contributed by atoms with Gasteiger partial charge in [-0.1, -0.05) is 18.2 Å². The van der Waals surface area contributed by atoms with Crippen LogP contribution in [0.1, 0.15) is 0 Å². The van der Waals surface area contributed by atoms with Gasteiger partial charge in [-0.15, -0.1) is 0 Å². The van der Waals surface area contributed by atoms with Crippen molar-refractivity contribution in [3.63, 3.8) is 0 Å². The highest BCUT2D eigenvalue weighted by Crippen LogP contribution is 2.34. The van der Waals surface area contributed by atoms with E-state index in [9.17, 15) is 8.42 Å². The highest BCUT2D eigenvalue weighted by atomic mass is 32.2. The summed E-state index contributed by atoms with van der Waals surface area (Å²) in [7, 11) is -2.32. The van der Waals surface area contributed by atoms with Gasteiger partial charge in [-0.2, -0.15) is 0 Å². The van der Waals surface area contributed by atoms with Crippen LogP contribution >= 0.6 is 0 Å². The van der Waals surface area contributed by atoms with Gasteiger partial charge in [0.15, 0.2) is 11.5 Å². The lowest BCUT2D eigenvalue weighted by atomic mass is 10.3. The summed E-state index contributed by atoms with van der Waals surface area (Å²) < 4.78 is 50.5. The van der Waals surface area contributed by atoms with Crippen LogP contribution in [0.4, 0.5) is 5.69 Å². The molecule has 162 valence electrons. The highest BCUT2D eigenvalue weighted by Gasteiger charge is 2.27. The van der Waals surface area contributed by atoms with Crippen molar-refractivity contribution >= 4 is 15.7 Å². The van der Waals surface area contributed by atoms with Crippen molar-refractivity contribution < 1.29 is 27.4 Å². The third kappa shape index (κ3) is 4.69. The molecule has 0 unspecified atom stereocenters. The Labute approximate surface area is 181 Å². The Kier molecular flexibility index (Phi) is 6.18. The van der Waals surface area contributed by atoms with Crippen LogP contribution in [0.15, 0.2) is 77.7 Å². The number of rotatable bonds is 8. The molecule has 8 heteroatoms. The number of methoxy groups -OCH3 is 1. The fraction of sp³-hybridized carbons (Fsp3) is 0.217. The maximum Gasteiger partial charge on any atom is 0.264 e. The summed E-state index contributed by atoms with van der Waals surface area (Å²) in [6.45, 7) is 1.12. The van der Waals surface area contributed by atoms with E-state index in [4.69, 9.17) is 18.9 Å². The Morgan fingerprint density at radius 3 is 2.29 bits per heavy atom. The predicted molar refractivity (Wildman–Crippen MR) is 117 cm³/mol. The first kappa shape index (κ1) is 20.9. The minimum atomic E-state index is -3.88. The van der Waals surface area contributed by atoms with Gasteiger partial charge in [-0.05, 0) is 48.5 Å². The molecule has 0 bridgehead atoms. The summed E-state index contributed by atoms with van der Waals surface area (Å²) >= 11 is 0. The molecule has 0 N–H and O–H groups in total. The molecule has 1 heterocycles. The zero-order valence-corrected chi connectivity index (χ0v) is 17.9. The maximum atomic E-state index is 13.6. The van der Waals surface area contributed by atoms with Crippen molar-refractivity contribution in [3.05, 3.63) is 72.8 Å². The Balaban J connectivity index is 1.63. The molecule has 0 aliphatic carbocycles. The van der Waals surface area contributed by atoms with E-state index in [0.29, 0.717) is 41.9 Å². The second-order valence-corrected chi connectivity index (χ2v) is 8.60. The fourth-order valence-corrected chi connectivity index (χ4v) is 4.68. The van der Waals surface area contributed by atoms with Gasteiger partial charge < -0.3 is 18.9 Å². The minimum Gasteiger partial charge on any atom is -0.497 e. The standard InChI is InChI=1S/C23H23NO6S/c1-27-19-9-7-18(8-10-19)24(13-14-28-20-5-3-2-4-6-20)31(25,26)21-11-12-22-23(17-21)30-16-15-29-22/h2-12,17H,13-16H2,1H3. The highest BCUT2D eigenvalue weighted by molar-refractivity contribution is 7.92. The van der Waals surface area contributed by atoms with Crippen molar-refractivity contribution in [2.24, 2.45) is 0 Å². The Hall–Kier alpha value is -3.39. The van der Waals surface area contributed by atoms with E-state index in [0.717, 1.165) is 0 Å². The molecule has 0 fully saturated rings. The van der Waals surface area contributed by atoms with E-state index in [1.807, 2.05) is 30.3 Å². The molecule has 0 atom stereocenters. The number of para-hydroxylation sites is 1. The molecule has 0 aromatic heterocycles. The lowest BCUT2D eigenvalue weighted by Gasteiger charge is -2.26. The van der Waals surface area contributed by atoms with E-state index in [-0.39, 0.29) is 18.0 Å². The van der Waals surface area contributed by atoms with Gasteiger partial charge in [0.25, 0.3) is 10.0 Å². The van der Waals surface area contributed by atoms with Crippen LogP contribution in [0.2, 0.25) is 0 Å². The lowest BCUT2D eigenvalue weighted by molar-refractivity contribution is 0.171. The molecule has 7 nitrogen and oxygen atoms in total. The summed E-state index contributed by atoms with van der Waals surface area (Å²) in [4.78, 5) is 0.118. The summed E-state index contributed by atoms with van der Waals surface area (Å²) in [6, 6.07) is 20.8. The average Bonchev–Trinajstić information content (AvgIpc) is 2.82. The second kappa shape index (κ2) is 9.18. The van der Waals surface area contributed by atoms with E-state index in [1.54, 1.807) is 37.4 Å². The van der Waals surface area contributed by atoms with Gasteiger partial charge in [-0.3, -0.25) is 4.31 Å². The molecule has 4 rings (SSSR count). The predicted octanol–water partition coefficient (Wildman–Crippen LogP) is 3.74. The Bertz CT molecular complexity index is 1120. The zero-order chi connectivity index (χ0) is 21.7. The summed E-state index contributed by atoms with van der Waals surface area (Å²) in [5, 5.41) is 0. The SMILES string of the molecule is COc1ccc(N(CCOc2ccccc2)S(=O)(=O)c2ccc3c(c2)OCCO3)cc1. The average molecular weight is 442 g/mol. The third-order valence-electron chi connectivity index (χ3n) is 4.77. The fourth-order valence-electron chi connectivity index (χ4n) is 3.21. The first-order valence-corrected chi connectivity index (χ1v) is 11.3. The molecule has 1 aliphatic rings. The Morgan fingerprint density at radius 2 is 1.58 bits per heavy atom. The molecule has 0 saturated heterocycles. The van der Waals surface area contributed by atoms with Crippen LogP contribution in [0.5, 0.6) is 23.0 Å². The number of hydrogen-bond donors (Lipinski definition) is 0. The van der Waals surface area contributed by atoms with Crippen molar-refractivity contribution in [1.29, 1.82) is 0 Å². The van der Waals surface area contributed by atoms with E-state index in [1.165, 1.54) is 16.4 Å². The van der Waals surface area contributed by atoms with Gasteiger partial charge in [0.05, 0.1) is 24.2 Å². The topological polar surface area (TPSA) is 74.3 Å². The number of fused-ring (bicyclic) bond motifs is 1. The number of anilines is 1. The van der Waals surface area contributed by atoms with Crippen LogP contribution in [0.3, 0.4) is 0 Å². The third-order valence-corrected chi connectivity index (χ3v) is 6.59. The summed E-state index contributed by atoms with van der Waals surface area (Å²) in [5.41, 5.74) is 0.507. The summed E-state index contributed by atoms with van der Waals surface area (Å²) in [6.07, 6.45) is 0. The largest absolute Gasteiger partial charge is 0.497 e. The van der Waals surface area contributed by atoms with Gasteiger partial charge in [0, 0.05) is 6.07 Å². The van der Waals surface area contributed by atoms with E-state index < -0.39 is 10.0 Å². The van der Waals surface area contributed by atoms with Crippen molar-refractivity contribution in [2.45, 2.75) is 4.90 Å². The first-order valence-electron chi connectivity index (χ1n) is 9.82. The van der Waals surface area contributed by atoms with Crippen LogP contribution in [0, 0.1) is 0 Å². The summed E-state index contributed by atoms with van der Waals surface area (Å²) in [5.74, 6) is 2.27. The first-order chi connectivity index (χ1) is 15.1. The molecular formula is C23H23NO6S. The monoisotopic (exact) mass is 441 g/mol. The van der Waals surface area contributed by atoms with Gasteiger partial charge >= 0.3 is 0 Å². The van der Waals surface area contributed by atoms with Crippen LogP contribution < -0.4 is 23.3 Å². The van der Waals surface area contributed by atoms with E-state index in [2.05, 4.69) is 0 Å². The van der Waals surface area contributed by atoms with Crippen LogP contribution in [-0.2, 0) is 10.0 Å².